The molecule has 0 aromatic heterocycles. The lowest BCUT2D eigenvalue weighted by atomic mass is 10.1. The minimum atomic E-state index is -0.229. The summed E-state index contributed by atoms with van der Waals surface area (Å²) in [7, 11) is 0. The predicted octanol–water partition coefficient (Wildman–Crippen LogP) is 2.77. The summed E-state index contributed by atoms with van der Waals surface area (Å²) in [4.78, 5) is 22.8. The number of unbranched alkanes of at least 4 members (excludes halogenated alkanes) is 1. The molecule has 0 saturated carbocycles. The molecule has 0 radical (unpaired) electrons. The number of hydrogen-bond donors (Lipinski definition) is 1. The van der Waals surface area contributed by atoms with E-state index in [-0.39, 0.29) is 18.1 Å². The topological polar surface area (TPSA) is 46.2 Å². The number of carbonyl (C=O) groups is 2. The molecule has 0 atom stereocenters. The standard InChI is InChI=1S/C13H17NO2/c1-2-3-9-12(15)10-13(16)14-11-7-5-4-6-8-11/h4-8H,2-3,9-10H2,1H3,(H,14,16). The number of Topliss-reactive ketones (excluding diaryl/α,β-unsaturated/α-hetero) is 1. The average molecular weight is 219 g/mol. The van der Waals surface area contributed by atoms with E-state index in [1.165, 1.54) is 0 Å². The molecule has 3 nitrogen and oxygen atoms in total. The molecule has 0 heterocycles. The van der Waals surface area contributed by atoms with E-state index in [2.05, 4.69) is 5.32 Å². The van der Waals surface area contributed by atoms with Gasteiger partial charge in [0.1, 0.15) is 5.78 Å². The lowest BCUT2D eigenvalue weighted by molar-refractivity contribution is -0.125. The second-order valence-electron chi connectivity index (χ2n) is 3.73. The van der Waals surface area contributed by atoms with Crippen molar-refractivity contribution in [3.63, 3.8) is 0 Å². The van der Waals surface area contributed by atoms with Gasteiger partial charge in [-0.1, -0.05) is 31.5 Å². The Balaban J connectivity index is 2.34. The zero-order valence-corrected chi connectivity index (χ0v) is 9.53. The van der Waals surface area contributed by atoms with E-state index in [1.807, 2.05) is 25.1 Å². The van der Waals surface area contributed by atoms with Crippen molar-refractivity contribution in [3.05, 3.63) is 30.3 Å². The third kappa shape index (κ3) is 4.73. The Morgan fingerprint density at radius 3 is 2.50 bits per heavy atom. The van der Waals surface area contributed by atoms with Gasteiger partial charge in [0.25, 0.3) is 0 Å². The van der Waals surface area contributed by atoms with Crippen LogP contribution in [0.2, 0.25) is 0 Å². The average Bonchev–Trinajstić information content (AvgIpc) is 2.27. The van der Waals surface area contributed by atoms with Crippen LogP contribution >= 0.6 is 0 Å². The summed E-state index contributed by atoms with van der Waals surface area (Å²) >= 11 is 0. The van der Waals surface area contributed by atoms with Crippen LogP contribution in [0.15, 0.2) is 30.3 Å². The molecule has 3 heteroatoms. The van der Waals surface area contributed by atoms with E-state index in [4.69, 9.17) is 0 Å². The van der Waals surface area contributed by atoms with Crippen molar-refractivity contribution in [3.8, 4) is 0 Å². The first-order valence-corrected chi connectivity index (χ1v) is 5.59. The van der Waals surface area contributed by atoms with Gasteiger partial charge < -0.3 is 5.32 Å². The van der Waals surface area contributed by atoms with E-state index < -0.39 is 0 Å². The molecule has 1 rings (SSSR count). The van der Waals surface area contributed by atoms with Gasteiger partial charge in [0.15, 0.2) is 0 Å². The van der Waals surface area contributed by atoms with Gasteiger partial charge in [-0.25, -0.2) is 0 Å². The number of ketones is 1. The second-order valence-corrected chi connectivity index (χ2v) is 3.73. The zero-order chi connectivity index (χ0) is 11.8. The van der Waals surface area contributed by atoms with Gasteiger partial charge in [-0.15, -0.1) is 0 Å². The number of rotatable bonds is 6. The molecule has 1 aromatic rings. The Morgan fingerprint density at radius 1 is 1.19 bits per heavy atom. The molecule has 0 aliphatic heterocycles. The fourth-order valence-corrected chi connectivity index (χ4v) is 1.37. The highest BCUT2D eigenvalue weighted by molar-refractivity contribution is 6.04. The Bertz CT molecular complexity index is 346. The lowest BCUT2D eigenvalue weighted by Gasteiger charge is -2.03. The van der Waals surface area contributed by atoms with Gasteiger partial charge in [0, 0.05) is 12.1 Å². The molecular formula is C13H17NO2. The number of para-hydroxylation sites is 1. The summed E-state index contributed by atoms with van der Waals surface area (Å²) < 4.78 is 0. The van der Waals surface area contributed by atoms with Crippen LogP contribution in [0.25, 0.3) is 0 Å². The molecule has 0 spiro atoms. The number of amides is 1. The third-order valence-corrected chi connectivity index (χ3v) is 2.22. The fourth-order valence-electron chi connectivity index (χ4n) is 1.37. The van der Waals surface area contributed by atoms with E-state index in [0.717, 1.165) is 18.5 Å². The summed E-state index contributed by atoms with van der Waals surface area (Å²) in [6.45, 7) is 2.03. The number of benzene rings is 1. The molecule has 0 bridgehead atoms. The fraction of sp³-hybridized carbons (Fsp3) is 0.385. The molecular weight excluding hydrogens is 202 g/mol. The number of hydrogen-bond acceptors (Lipinski definition) is 2. The van der Waals surface area contributed by atoms with Crippen molar-refractivity contribution in [2.75, 3.05) is 5.32 Å². The van der Waals surface area contributed by atoms with Gasteiger partial charge in [0.2, 0.25) is 5.91 Å². The van der Waals surface area contributed by atoms with Gasteiger partial charge in [-0.3, -0.25) is 9.59 Å². The Kier molecular flexibility index (Phi) is 5.26. The normalized spacial score (nSPS) is 9.81. The maximum atomic E-state index is 11.5. The summed E-state index contributed by atoms with van der Waals surface area (Å²) in [6.07, 6.45) is 2.32. The molecule has 1 amide bonds. The molecule has 16 heavy (non-hydrogen) atoms. The van der Waals surface area contributed by atoms with Crippen LogP contribution < -0.4 is 5.32 Å². The quantitative estimate of drug-likeness (QED) is 0.748. The van der Waals surface area contributed by atoms with E-state index >= 15 is 0 Å². The number of anilines is 1. The van der Waals surface area contributed by atoms with Crippen molar-refractivity contribution in [2.24, 2.45) is 0 Å². The van der Waals surface area contributed by atoms with Gasteiger partial charge in [-0.05, 0) is 18.6 Å². The smallest absolute Gasteiger partial charge is 0.231 e. The summed E-state index contributed by atoms with van der Waals surface area (Å²) in [6, 6.07) is 9.16. The Labute approximate surface area is 95.9 Å². The minimum absolute atomic E-state index is 0.00952. The van der Waals surface area contributed by atoms with Crippen molar-refractivity contribution in [1.82, 2.24) is 0 Å². The minimum Gasteiger partial charge on any atom is -0.326 e. The number of carbonyl (C=O) groups excluding carboxylic acids is 2. The van der Waals surface area contributed by atoms with Crippen molar-refractivity contribution in [2.45, 2.75) is 32.6 Å². The molecule has 1 N–H and O–H groups in total. The van der Waals surface area contributed by atoms with Crippen molar-refractivity contribution in [1.29, 1.82) is 0 Å². The maximum absolute atomic E-state index is 11.5. The van der Waals surface area contributed by atoms with Crippen molar-refractivity contribution < 1.29 is 9.59 Å². The molecule has 0 unspecified atom stereocenters. The van der Waals surface area contributed by atoms with Gasteiger partial charge >= 0.3 is 0 Å². The highest BCUT2D eigenvalue weighted by Gasteiger charge is 2.08. The van der Waals surface area contributed by atoms with Crippen LogP contribution in [-0.2, 0) is 9.59 Å². The number of nitrogens with one attached hydrogen (secondary N) is 1. The third-order valence-electron chi connectivity index (χ3n) is 2.22. The van der Waals surface area contributed by atoms with Crippen molar-refractivity contribution >= 4 is 17.4 Å². The monoisotopic (exact) mass is 219 g/mol. The van der Waals surface area contributed by atoms with Crippen LogP contribution in [-0.4, -0.2) is 11.7 Å². The van der Waals surface area contributed by atoms with Crippen LogP contribution in [0.1, 0.15) is 32.6 Å². The lowest BCUT2D eigenvalue weighted by Crippen LogP contribution is -2.16. The van der Waals surface area contributed by atoms with Gasteiger partial charge in [0.05, 0.1) is 6.42 Å². The van der Waals surface area contributed by atoms with Gasteiger partial charge in [-0.2, -0.15) is 0 Å². The Hall–Kier alpha value is -1.64. The Morgan fingerprint density at radius 2 is 1.88 bits per heavy atom. The molecule has 86 valence electrons. The first-order chi connectivity index (χ1) is 7.72. The van der Waals surface area contributed by atoms with Crippen LogP contribution in [0, 0.1) is 0 Å². The van der Waals surface area contributed by atoms with Crippen LogP contribution in [0.3, 0.4) is 0 Å². The highest BCUT2D eigenvalue weighted by atomic mass is 16.2. The molecule has 0 aliphatic rings. The molecule has 0 fully saturated rings. The molecule has 1 aromatic carbocycles. The summed E-state index contributed by atoms with van der Waals surface area (Å²) in [5.41, 5.74) is 0.732. The first-order valence-electron chi connectivity index (χ1n) is 5.59. The SMILES string of the molecule is CCCCC(=O)CC(=O)Nc1ccccc1. The van der Waals surface area contributed by atoms with Crippen LogP contribution in [0.5, 0.6) is 0 Å². The predicted molar refractivity (Wildman–Crippen MR) is 64.2 cm³/mol. The van der Waals surface area contributed by atoms with Crippen LogP contribution in [0.4, 0.5) is 5.69 Å². The van der Waals surface area contributed by atoms with E-state index in [9.17, 15) is 9.59 Å². The molecule has 0 saturated heterocycles. The zero-order valence-electron chi connectivity index (χ0n) is 9.53. The summed E-state index contributed by atoms with van der Waals surface area (Å²) in [5, 5.41) is 2.69. The highest BCUT2D eigenvalue weighted by Crippen LogP contribution is 2.06. The van der Waals surface area contributed by atoms with E-state index in [1.54, 1.807) is 12.1 Å². The maximum Gasteiger partial charge on any atom is 0.231 e. The second kappa shape index (κ2) is 6.77. The first kappa shape index (κ1) is 12.4. The summed E-state index contributed by atoms with van der Waals surface area (Å²) in [5.74, 6) is -0.220. The largest absolute Gasteiger partial charge is 0.326 e. The molecule has 0 aliphatic carbocycles. The van der Waals surface area contributed by atoms with E-state index in [0.29, 0.717) is 6.42 Å².